The average molecular weight is 356 g/mol. The summed E-state index contributed by atoms with van der Waals surface area (Å²) in [5.74, 6) is -12.6. The molecule has 0 saturated carbocycles. The Hall–Kier alpha value is -1.84. The number of nitrogens with zero attached hydrogens (tertiary/aromatic N) is 3. The van der Waals surface area contributed by atoms with Gasteiger partial charge in [-0.2, -0.15) is 0 Å². The van der Waals surface area contributed by atoms with Crippen LogP contribution in [0.15, 0.2) is 4.60 Å². The molecule has 0 spiro atoms. The second-order valence-corrected chi connectivity index (χ2v) is 4.38. The van der Waals surface area contributed by atoms with E-state index in [9.17, 15) is 26.7 Å². The molecular formula is C10H3BrF5N3O. The molecule has 0 unspecified atom stereocenters. The molecule has 1 aromatic heterocycles. The van der Waals surface area contributed by atoms with Crippen molar-refractivity contribution < 1.29 is 26.7 Å². The maximum atomic E-state index is 13.5. The van der Waals surface area contributed by atoms with Gasteiger partial charge in [-0.15, -0.1) is 5.10 Å². The van der Waals surface area contributed by atoms with Gasteiger partial charge < -0.3 is 0 Å². The van der Waals surface area contributed by atoms with Crippen LogP contribution in [0.4, 0.5) is 22.0 Å². The van der Waals surface area contributed by atoms with Crippen LogP contribution in [-0.4, -0.2) is 20.8 Å². The molecule has 2 aromatic rings. The minimum absolute atomic E-state index is 0.186. The zero-order valence-electron chi connectivity index (χ0n) is 9.52. The molecule has 106 valence electrons. The van der Waals surface area contributed by atoms with Crippen molar-refractivity contribution in [2.24, 2.45) is 7.05 Å². The van der Waals surface area contributed by atoms with Gasteiger partial charge in [-0.05, 0) is 15.9 Å². The maximum Gasteiger partial charge on any atom is 0.220 e. The number of hydrogen-bond donors (Lipinski definition) is 0. The van der Waals surface area contributed by atoms with E-state index < -0.39 is 46.1 Å². The Labute approximate surface area is 116 Å². The summed E-state index contributed by atoms with van der Waals surface area (Å²) in [6.07, 6.45) is 0. The van der Waals surface area contributed by atoms with Gasteiger partial charge in [-0.3, -0.25) is 4.79 Å². The lowest BCUT2D eigenvalue weighted by Gasteiger charge is -2.07. The SMILES string of the molecule is Cn1nnc(Br)c1C(=O)c1c(F)c(F)c(F)c(F)c1F. The van der Waals surface area contributed by atoms with Gasteiger partial charge in [-0.25, -0.2) is 26.6 Å². The summed E-state index contributed by atoms with van der Waals surface area (Å²) < 4.78 is 66.6. The maximum absolute atomic E-state index is 13.5. The Morgan fingerprint density at radius 2 is 1.45 bits per heavy atom. The molecule has 2 rings (SSSR count). The van der Waals surface area contributed by atoms with Crippen LogP contribution < -0.4 is 0 Å². The van der Waals surface area contributed by atoms with Gasteiger partial charge in [0.1, 0.15) is 11.3 Å². The van der Waals surface area contributed by atoms with Crippen molar-refractivity contribution in [1.29, 1.82) is 0 Å². The molecule has 0 N–H and O–H groups in total. The number of rotatable bonds is 2. The van der Waals surface area contributed by atoms with Gasteiger partial charge in [0.25, 0.3) is 0 Å². The summed E-state index contributed by atoms with van der Waals surface area (Å²) >= 11 is 2.79. The van der Waals surface area contributed by atoms with E-state index in [2.05, 4.69) is 26.2 Å². The predicted molar refractivity (Wildman–Crippen MR) is 58.4 cm³/mol. The summed E-state index contributed by atoms with van der Waals surface area (Å²) in [6.45, 7) is 0. The largest absolute Gasteiger partial charge is 0.287 e. The number of aryl methyl sites for hydroxylation is 1. The molecule has 4 nitrogen and oxygen atoms in total. The molecule has 0 radical (unpaired) electrons. The van der Waals surface area contributed by atoms with Crippen LogP contribution >= 0.6 is 15.9 Å². The zero-order chi connectivity index (χ0) is 15.2. The van der Waals surface area contributed by atoms with Gasteiger partial charge in [0, 0.05) is 7.05 Å². The molecule has 1 heterocycles. The van der Waals surface area contributed by atoms with Crippen molar-refractivity contribution in [1.82, 2.24) is 15.0 Å². The zero-order valence-corrected chi connectivity index (χ0v) is 11.1. The third-order valence-corrected chi connectivity index (χ3v) is 2.97. The molecule has 10 heteroatoms. The van der Waals surface area contributed by atoms with E-state index in [1.54, 1.807) is 0 Å². The normalized spacial score (nSPS) is 10.9. The lowest BCUT2D eigenvalue weighted by atomic mass is 10.1. The van der Waals surface area contributed by atoms with Crippen molar-refractivity contribution in [2.45, 2.75) is 0 Å². The first kappa shape index (κ1) is 14.6. The highest BCUT2D eigenvalue weighted by Crippen LogP contribution is 2.26. The molecule has 0 atom stereocenters. The first-order chi connectivity index (χ1) is 9.27. The van der Waals surface area contributed by atoms with E-state index in [0.29, 0.717) is 0 Å². The highest BCUT2D eigenvalue weighted by molar-refractivity contribution is 9.10. The molecular weight excluding hydrogens is 353 g/mol. The van der Waals surface area contributed by atoms with E-state index in [1.165, 1.54) is 7.05 Å². The lowest BCUT2D eigenvalue weighted by molar-refractivity contribution is 0.101. The molecule has 0 aliphatic rings. The highest BCUT2D eigenvalue weighted by Gasteiger charge is 2.32. The molecule has 1 aromatic carbocycles. The Morgan fingerprint density at radius 1 is 1.00 bits per heavy atom. The van der Waals surface area contributed by atoms with Gasteiger partial charge >= 0.3 is 0 Å². The van der Waals surface area contributed by atoms with E-state index in [0.717, 1.165) is 4.68 Å². The smallest absolute Gasteiger partial charge is 0.220 e. The lowest BCUT2D eigenvalue weighted by Crippen LogP contribution is -2.16. The van der Waals surface area contributed by atoms with E-state index in [-0.39, 0.29) is 4.60 Å². The molecule has 0 aliphatic carbocycles. The van der Waals surface area contributed by atoms with Crippen LogP contribution in [-0.2, 0) is 7.05 Å². The standard InChI is InChI=1S/C10H3BrF5N3O/c1-19-8(10(11)17-18-19)9(20)2-3(12)5(14)7(16)6(15)4(2)13/h1H3. The Morgan fingerprint density at radius 3 is 1.85 bits per heavy atom. The number of carbonyl (C=O) groups is 1. The molecule has 0 saturated heterocycles. The number of benzene rings is 1. The van der Waals surface area contributed by atoms with E-state index in [1.807, 2.05) is 0 Å². The number of aromatic nitrogens is 3. The minimum atomic E-state index is -2.33. The molecule has 20 heavy (non-hydrogen) atoms. The van der Waals surface area contributed by atoms with E-state index in [4.69, 9.17) is 0 Å². The number of halogens is 6. The van der Waals surface area contributed by atoms with Crippen LogP contribution in [0, 0.1) is 29.1 Å². The third kappa shape index (κ3) is 1.99. The number of carbonyl (C=O) groups excluding carboxylic acids is 1. The number of hydrogen-bond acceptors (Lipinski definition) is 3. The average Bonchev–Trinajstić information content (AvgIpc) is 2.73. The Bertz CT molecular complexity index is 682. The van der Waals surface area contributed by atoms with E-state index >= 15 is 0 Å². The minimum Gasteiger partial charge on any atom is -0.287 e. The molecule has 0 amide bonds. The third-order valence-electron chi connectivity index (χ3n) is 2.44. The summed E-state index contributed by atoms with van der Waals surface area (Å²) in [6, 6.07) is 0. The molecule has 0 aliphatic heterocycles. The van der Waals surface area contributed by atoms with Crippen molar-refractivity contribution >= 4 is 21.7 Å². The van der Waals surface area contributed by atoms with Gasteiger partial charge in [0.15, 0.2) is 27.9 Å². The van der Waals surface area contributed by atoms with Gasteiger partial charge in [0.05, 0.1) is 0 Å². The summed E-state index contributed by atoms with van der Waals surface area (Å²) in [4.78, 5) is 11.9. The fraction of sp³-hybridized carbons (Fsp3) is 0.100. The van der Waals surface area contributed by atoms with Crippen molar-refractivity contribution in [2.75, 3.05) is 0 Å². The summed E-state index contributed by atoms with van der Waals surface area (Å²) in [7, 11) is 1.22. The second-order valence-electron chi connectivity index (χ2n) is 3.63. The first-order valence-corrected chi connectivity index (χ1v) is 5.68. The Kier molecular flexibility index (Phi) is 3.59. The van der Waals surface area contributed by atoms with Crippen molar-refractivity contribution in [3.05, 3.63) is 44.9 Å². The van der Waals surface area contributed by atoms with Crippen LogP contribution in [0.3, 0.4) is 0 Å². The molecule has 0 fully saturated rings. The van der Waals surface area contributed by atoms with Gasteiger partial charge in [0.2, 0.25) is 11.6 Å². The molecule has 0 bridgehead atoms. The topological polar surface area (TPSA) is 47.8 Å². The van der Waals surface area contributed by atoms with Crippen molar-refractivity contribution in [3.8, 4) is 0 Å². The van der Waals surface area contributed by atoms with Crippen molar-refractivity contribution in [3.63, 3.8) is 0 Å². The fourth-order valence-electron chi connectivity index (χ4n) is 1.50. The second kappa shape index (κ2) is 4.93. The predicted octanol–water partition coefficient (Wildman–Crippen LogP) is 2.50. The summed E-state index contributed by atoms with van der Waals surface area (Å²) in [5.41, 5.74) is -2.01. The quantitative estimate of drug-likeness (QED) is 0.360. The fourth-order valence-corrected chi connectivity index (χ4v) is 2.00. The first-order valence-electron chi connectivity index (χ1n) is 4.88. The number of ketones is 1. The van der Waals surface area contributed by atoms with Crippen LogP contribution in [0.2, 0.25) is 0 Å². The van der Waals surface area contributed by atoms with Crippen LogP contribution in [0.25, 0.3) is 0 Å². The van der Waals surface area contributed by atoms with Crippen LogP contribution in [0.1, 0.15) is 16.1 Å². The van der Waals surface area contributed by atoms with Gasteiger partial charge in [-0.1, -0.05) is 5.21 Å². The highest BCUT2D eigenvalue weighted by atomic mass is 79.9. The Balaban J connectivity index is 2.74. The summed E-state index contributed by atoms with van der Waals surface area (Å²) in [5, 5.41) is 6.76. The van der Waals surface area contributed by atoms with Crippen LogP contribution in [0.5, 0.6) is 0 Å². The monoisotopic (exact) mass is 355 g/mol.